The van der Waals surface area contributed by atoms with Crippen molar-refractivity contribution >= 4 is 39.1 Å². The van der Waals surface area contributed by atoms with Crippen LogP contribution in [0.2, 0.25) is 5.15 Å². The molecule has 0 aromatic carbocycles. The predicted molar refractivity (Wildman–Crippen MR) is 78.3 cm³/mol. The third kappa shape index (κ3) is 3.34. The fraction of sp³-hybridized carbons (Fsp3) is 0.167. The van der Waals surface area contributed by atoms with E-state index in [1.54, 1.807) is 31.2 Å². The van der Waals surface area contributed by atoms with Crippen LogP contribution in [0.1, 0.15) is 19.5 Å². The van der Waals surface area contributed by atoms with Gasteiger partial charge in [-0.2, -0.15) is 0 Å². The van der Waals surface area contributed by atoms with Crippen molar-refractivity contribution in [2.75, 3.05) is 5.73 Å². The van der Waals surface area contributed by atoms with E-state index in [4.69, 9.17) is 17.3 Å². The van der Waals surface area contributed by atoms with Crippen LogP contribution < -0.4 is 5.73 Å². The Bertz CT molecular complexity index is 538. The van der Waals surface area contributed by atoms with Gasteiger partial charge in [-0.25, -0.2) is 9.97 Å². The molecule has 0 fully saturated rings. The second kappa shape index (κ2) is 6.56. The molecule has 96 valence electrons. The van der Waals surface area contributed by atoms with E-state index >= 15 is 0 Å². The van der Waals surface area contributed by atoms with Crippen molar-refractivity contribution in [3.05, 3.63) is 45.4 Å². The van der Waals surface area contributed by atoms with Gasteiger partial charge in [0.2, 0.25) is 5.95 Å². The molecule has 0 spiro atoms. The minimum atomic E-state index is 0.0495. The van der Waals surface area contributed by atoms with Crippen LogP contribution in [0, 0.1) is 0 Å². The molecule has 0 amide bonds. The third-order valence-electron chi connectivity index (χ3n) is 2.02. The molecule has 3 N–H and O–H groups in total. The van der Waals surface area contributed by atoms with Crippen molar-refractivity contribution < 1.29 is 5.11 Å². The quantitative estimate of drug-likeness (QED) is 0.501. The van der Waals surface area contributed by atoms with Crippen LogP contribution in [0.3, 0.4) is 0 Å². The highest BCUT2D eigenvalue weighted by atomic mass is 79.9. The summed E-state index contributed by atoms with van der Waals surface area (Å²) in [6.07, 6.45) is 6.79. The van der Waals surface area contributed by atoms with E-state index in [0.717, 1.165) is 0 Å². The van der Waals surface area contributed by atoms with E-state index in [1.165, 1.54) is 0 Å². The number of nitrogens with zero attached hydrogens (tertiary/aromatic N) is 2. The highest BCUT2D eigenvalue weighted by molar-refractivity contribution is 9.10. The molecular formula is C12H13BrClN3O. The van der Waals surface area contributed by atoms with Gasteiger partial charge in [-0.15, -0.1) is 0 Å². The summed E-state index contributed by atoms with van der Waals surface area (Å²) in [7, 11) is 0. The highest BCUT2D eigenvalue weighted by Crippen LogP contribution is 2.31. The zero-order chi connectivity index (χ0) is 13.7. The molecule has 6 heteroatoms. The van der Waals surface area contributed by atoms with Crippen molar-refractivity contribution in [3.63, 3.8) is 0 Å². The zero-order valence-corrected chi connectivity index (χ0v) is 12.3. The number of aromatic nitrogens is 2. The van der Waals surface area contributed by atoms with Gasteiger partial charge in [0.05, 0.1) is 10.2 Å². The Kier molecular flexibility index (Phi) is 5.37. The van der Waals surface area contributed by atoms with Gasteiger partial charge in [-0.1, -0.05) is 29.8 Å². The van der Waals surface area contributed by atoms with Crippen LogP contribution in [-0.4, -0.2) is 15.1 Å². The molecule has 0 atom stereocenters. The summed E-state index contributed by atoms with van der Waals surface area (Å²) in [6.45, 7) is 3.64. The van der Waals surface area contributed by atoms with E-state index in [9.17, 15) is 5.11 Å². The molecule has 1 aromatic rings. The Morgan fingerprint density at radius 2 is 1.89 bits per heavy atom. The zero-order valence-electron chi connectivity index (χ0n) is 9.98. The lowest BCUT2D eigenvalue weighted by molar-refractivity contribution is 0.435. The number of aliphatic hydroxyl groups is 1. The molecule has 0 saturated carbocycles. The minimum absolute atomic E-state index is 0.0495. The van der Waals surface area contributed by atoms with Crippen LogP contribution in [0.15, 0.2) is 34.5 Å². The molecule has 0 saturated heterocycles. The second-order valence-electron chi connectivity index (χ2n) is 3.33. The number of nitrogen functional groups attached to an aromatic ring is 1. The van der Waals surface area contributed by atoms with Gasteiger partial charge >= 0.3 is 0 Å². The van der Waals surface area contributed by atoms with Crippen LogP contribution in [0.25, 0.3) is 5.57 Å². The summed E-state index contributed by atoms with van der Waals surface area (Å²) < 4.78 is 0.488. The average molecular weight is 331 g/mol. The van der Waals surface area contributed by atoms with Crippen LogP contribution in [0.5, 0.6) is 0 Å². The number of nitrogens with two attached hydrogens (primary N) is 1. The number of allylic oxidation sites excluding steroid dienone is 5. The summed E-state index contributed by atoms with van der Waals surface area (Å²) in [5.74, 6) is 0.124. The normalized spacial score (nSPS) is 13.3. The number of aliphatic hydroxyl groups excluding tert-OH is 1. The lowest BCUT2D eigenvalue weighted by Gasteiger charge is -2.08. The Morgan fingerprint density at radius 1 is 1.28 bits per heavy atom. The summed E-state index contributed by atoms with van der Waals surface area (Å²) in [5.41, 5.74) is 6.52. The van der Waals surface area contributed by atoms with Gasteiger partial charge in [0.15, 0.2) is 0 Å². The van der Waals surface area contributed by atoms with Crippen LogP contribution >= 0.6 is 27.5 Å². The van der Waals surface area contributed by atoms with E-state index in [1.807, 2.05) is 6.92 Å². The Hall–Kier alpha value is -1.33. The van der Waals surface area contributed by atoms with Gasteiger partial charge in [-0.05, 0) is 35.9 Å². The fourth-order valence-electron chi connectivity index (χ4n) is 1.31. The first-order valence-electron chi connectivity index (χ1n) is 5.18. The molecule has 4 nitrogen and oxygen atoms in total. The Morgan fingerprint density at radius 3 is 2.44 bits per heavy atom. The van der Waals surface area contributed by atoms with Crippen molar-refractivity contribution in [3.8, 4) is 0 Å². The largest absolute Gasteiger partial charge is 0.507 e. The maximum Gasteiger partial charge on any atom is 0.222 e. The number of hydrogen-bond donors (Lipinski definition) is 2. The molecule has 0 aliphatic heterocycles. The van der Waals surface area contributed by atoms with E-state index in [-0.39, 0.29) is 16.9 Å². The monoisotopic (exact) mass is 329 g/mol. The molecule has 1 aromatic heterocycles. The first kappa shape index (κ1) is 14.7. The summed E-state index contributed by atoms with van der Waals surface area (Å²) in [6, 6.07) is 0. The Balaban J connectivity index is 3.54. The van der Waals surface area contributed by atoms with Crippen molar-refractivity contribution in [2.45, 2.75) is 13.8 Å². The van der Waals surface area contributed by atoms with Gasteiger partial charge in [-0.3, -0.25) is 0 Å². The SMILES string of the molecule is C\C=C/C(=C(O)\C=C\C)c1nc(N)nc(Cl)c1Br. The highest BCUT2D eigenvalue weighted by Gasteiger charge is 2.14. The topological polar surface area (TPSA) is 72.0 Å². The first-order valence-corrected chi connectivity index (χ1v) is 6.35. The van der Waals surface area contributed by atoms with Gasteiger partial charge < -0.3 is 10.8 Å². The predicted octanol–water partition coefficient (Wildman–Crippen LogP) is 3.90. The number of hydrogen-bond acceptors (Lipinski definition) is 4. The molecule has 0 unspecified atom stereocenters. The maximum atomic E-state index is 9.98. The molecule has 18 heavy (non-hydrogen) atoms. The van der Waals surface area contributed by atoms with Crippen molar-refractivity contribution in [1.29, 1.82) is 0 Å². The van der Waals surface area contributed by atoms with E-state index in [2.05, 4.69) is 25.9 Å². The average Bonchev–Trinajstić information content (AvgIpc) is 2.31. The molecule has 1 heterocycles. The number of halogens is 2. The summed E-state index contributed by atoms with van der Waals surface area (Å²) in [4.78, 5) is 7.91. The smallest absolute Gasteiger partial charge is 0.222 e. The first-order chi connectivity index (χ1) is 8.51. The number of anilines is 1. The van der Waals surface area contributed by atoms with E-state index < -0.39 is 0 Å². The fourth-order valence-corrected chi connectivity index (χ4v) is 1.88. The lowest BCUT2D eigenvalue weighted by atomic mass is 10.1. The molecule has 0 radical (unpaired) electrons. The lowest BCUT2D eigenvalue weighted by Crippen LogP contribution is -2.01. The summed E-state index contributed by atoms with van der Waals surface area (Å²) in [5, 5.41) is 10.2. The van der Waals surface area contributed by atoms with Crippen molar-refractivity contribution in [2.24, 2.45) is 0 Å². The second-order valence-corrected chi connectivity index (χ2v) is 4.49. The maximum absolute atomic E-state index is 9.98. The Labute approximate surface area is 119 Å². The number of rotatable bonds is 3. The van der Waals surface area contributed by atoms with Crippen LogP contribution in [-0.2, 0) is 0 Å². The van der Waals surface area contributed by atoms with Crippen LogP contribution in [0.4, 0.5) is 5.95 Å². The standard InChI is InChI=1S/C12H13BrClN3O/c1-3-5-7(8(18)6-4-2)10-9(13)11(14)17-12(15)16-10/h3-6,18H,1-2H3,(H2,15,16,17)/b5-3-,6-4+,8-7-. The van der Waals surface area contributed by atoms with Crippen molar-refractivity contribution in [1.82, 2.24) is 9.97 Å². The van der Waals surface area contributed by atoms with Gasteiger partial charge in [0.1, 0.15) is 10.9 Å². The van der Waals surface area contributed by atoms with E-state index in [0.29, 0.717) is 15.7 Å². The molecule has 0 aliphatic carbocycles. The third-order valence-corrected chi connectivity index (χ3v) is 3.27. The molecule has 0 aliphatic rings. The molecule has 0 bridgehead atoms. The minimum Gasteiger partial charge on any atom is -0.507 e. The van der Waals surface area contributed by atoms with Gasteiger partial charge in [0, 0.05) is 5.57 Å². The molecule has 1 rings (SSSR count). The molecular weight excluding hydrogens is 318 g/mol. The summed E-state index contributed by atoms with van der Waals surface area (Å²) >= 11 is 9.21. The van der Waals surface area contributed by atoms with Gasteiger partial charge in [0.25, 0.3) is 0 Å².